The molecule has 2 aromatic carbocycles. The van der Waals surface area contributed by atoms with E-state index in [1.54, 1.807) is 26.4 Å². The van der Waals surface area contributed by atoms with Gasteiger partial charge in [-0.15, -0.1) is 11.6 Å². The van der Waals surface area contributed by atoms with Crippen molar-refractivity contribution in [3.63, 3.8) is 0 Å². The molecule has 0 heterocycles. The lowest BCUT2D eigenvalue weighted by Gasteiger charge is -2.14. The number of ether oxygens (including phenoxy) is 2. The van der Waals surface area contributed by atoms with Gasteiger partial charge in [0.1, 0.15) is 0 Å². The third kappa shape index (κ3) is 3.14. The minimum absolute atomic E-state index is 0.343. The standard InChI is InChI=1S/C15H13Cl3O2/c1-19-13-6-4-10(8-14(13)20-2)15(18)9-3-5-11(16)12(17)7-9/h3-8,15H,1-2H3. The molecule has 0 amide bonds. The van der Waals surface area contributed by atoms with Crippen molar-refractivity contribution in [3.05, 3.63) is 57.6 Å². The van der Waals surface area contributed by atoms with Crippen molar-refractivity contribution in [1.82, 2.24) is 0 Å². The van der Waals surface area contributed by atoms with Gasteiger partial charge in [-0.1, -0.05) is 35.3 Å². The highest BCUT2D eigenvalue weighted by atomic mass is 35.5. The van der Waals surface area contributed by atoms with E-state index in [0.717, 1.165) is 11.1 Å². The Balaban J connectivity index is 2.37. The third-order valence-electron chi connectivity index (χ3n) is 2.94. The zero-order valence-corrected chi connectivity index (χ0v) is 13.3. The fourth-order valence-corrected chi connectivity index (χ4v) is 2.45. The third-order valence-corrected chi connectivity index (χ3v) is 4.18. The zero-order chi connectivity index (χ0) is 14.7. The molecule has 2 nitrogen and oxygen atoms in total. The van der Waals surface area contributed by atoms with Gasteiger partial charge in [0.15, 0.2) is 11.5 Å². The Hall–Kier alpha value is -1.09. The van der Waals surface area contributed by atoms with E-state index in [0.29, 0.717) is 21.5 Å². The van der Waals surface area contributed by atoms with Crippen LogP contribution in [0.5, 0.6) is 11.5 Å². The Kier molecular flexibility index (Phi) is 5.03. The maximum atomic E-state index is 6.48. The van der Waals surface area contributed by atoms with Crippen LogP contribution in [0.15, 0.2) is 36.4 Å². The molecule has 0 saturated heterocycles. The molecule has 5 heteroatoms. The second-order valence-corrected chi connectivity index (χ2v) is 5.40. The molecule has 1 unspecified atom stereocenters. The molecule has 0 aliphatic carbocycles. The first-order valence-electron chi connectivity index (χ1n) is 5.87. The van der Waals surface area contributed by atoms with Gasteiger partial charge in [-0.05, 0) is 35.4 Å². The summed E-state index contributed by atoms with van der Waals surface area (Å²) in [6.07, 6.45) is 0. The molecule has 2 aromatic rings. The normalized spacial score (nSPS) is 12.1. The van der Waals surface area contributed by atoms with Gasteiger partial charge in [-0.25, -0.2) is 0 Å². The van der Waals surface area contributed by atoms with Gasteiger partial charge in [0.2, 0.25) is 0 Å². The summed E-state index contributed by atoms with van der Waals surface area (Å²) in [7, 11) is 3.18. The molecule has 0 aliphatic rings. The Morgan fingerprint density at radius 1 is 0.800 bits per heavy atom. The predicted molar refractivity (Wildman–Crippen MR) is 83.7 cm³/mol. The Morgan fingerprint density at radius 3 is 2.00 bits per heavy atom. The van der Waals surface area contributed by atoms with Crippen LogP contribution in [-0.4, -0.2) is 14.2 Å². The Labute approximate surface area is 133 Å². The fraction of sp³-hybridized carbons (Fsp3) is 0.200. The van der Waals surface area contributed by atoms with Crippen molar-refractivity contribution in [3.8, 4) is 11.5 Å². The monoisotopic (exact) mass is 330 g/mol. The van der Waals surface area contributed by atoms with Crippen LogP contribution in [0.25, 0.3) is 0 Å². The average Bonchev–Trinajstić information content (AvgIpc) is 2.48. The maximum Gasteiger partial charge on any atom is 0.161 e. The molecule has 20 heavy (non-hydrogen) atoms. The molecule has 1 atom stereocenters. The number of rotatable bonds is 4. The smallest absolute Gasteiger partial charge is 0.161 e. The number of methoxy groups -OCH3 is 2. The van der Waals surface area contributed by atoms with Crippen LogP contribution in [0.1, 0.15) is 16.5 Å². The second kappa shape index (κ2) is 6.57. The molecule has 0 aromatic heterocycles. The van der Waals surface area contributed by atoms with E-state index in [-0.39, 0.29) is 5.38 Å². The van der Waals surface area contributed by atoms with E-state index in [2.05, 4.69) is 0 Å². The number of benzene rings is 2. The maximum absolute atomic E-state index is 6.48. The van der Waals surface area contributed by atoms with Crippen LogP contribution >= 0.6 is 34.8 Å². The van der Waals surface area contributed by atoms with Crippen molar-refractivity contribution >= 4 is 34.8 Å². The van der Waals surface area contributed by atoms with E-state index >= 15 is 0 Å². The number of hydrogen-bond donors (Lipinski definition) is 0. The second-order valence-electron chi connectivity index (χ2n) is 4.15. The molecule has 0 saturated carbocycles. The number of alkyl halides is 1. The summed E-state index contributed by atoms with van der Waals surface area (Å²) < 4.78 is 10.5. The van der Waals surface area contributed by atoms with E-state index in [1.807, 2.05) is 24.3 Å². The van der Waals surface area contributed by atoms with Gasteiger partial charge >= 0.3 is 0 Å². The first-order chi connectivity index (χ1) is 9.56. The summed E-state index contributed by atoms with van der Waals surface area (Å²) in [4.78, 5) is 0. The molecule has 0 N–H and O–H groups in total. The molecule has 0 fully saturated rings. The van der Waals surface area contributed by atoms with Gasteiger partial charge in [0, 0.05) is 0 Å². The lowest BCUT2D eigenvalue weighted by atomic mass is 10.0. The van der Waals surface area contributed by atoms with Crippen LogP contribution in [0.3, 0.4) is 0 Å². The van der Waals surface area contributed by atoms with Gasteiger partial charge in [0.05, 0.1) is 29.6 Å². The van der Waals surface area contributed by atoms with E-state index < -0.39 is 0 Å². The van der Waals surface area contributed by atoms with Gasteiger partial charge < -0.3 is 9.47 Å². The topological polar surface area (TPSA) is 18.5 Å². The van der Waals surface area contributed by atoms with Crippen molar-refractivity contribution in [2.24, 2.45) is 0 Å². The molecular formula is C15H13Cl3O2. The van der Waals surface area contributed by atoms with Gasteiger partial charge in [0.25, 0.3) is 0 Å². The summed E-state index contributed by atoms with van der Waals surface area (Å²) in [5.74, 6) is 1.30. The van der Waals surface area contributed by atoms with Crippen molar-refractivity contribution < 1.29 is 9.47 Å². The van der Waals surface area contributed by atoms with Crippen LogP contribution in [0, 0.1) is 0 Å². The molecule has 2 rings (SSSR count). The van der Waals surface area contributed by atoms with Crippen molar-refractivity contribution in [2.45, 2.75) is 5.38 Å². The van der Waals surface area contributed by atoms with Gasteiger partial charge in [-0.2, -0.15) is 0 Å². The summed E-state index contributed by atoms with van der Waals surface area (Å²) >= 11 is 18.4. The minimum atomic E-state index is -0.343. The summed E-state index contributed by atoms with van der Waals surface area (Å²) in [5.41, 5.74) is 1.76. The average molecular weight is 332 g/mol. The molecule has 0 aliphatic heterocycles. The Morgan fingerprint density at radius 2 is 1.40 bits per heavy atom. The SMILES string of the molecule is COc1ccc(C(Cl)c2ccc(Cl)c(Cl)c2)cc1OC. The van der Waals surface area contributed by atoms with Crippen molar-refractivity contribution in [2.75, 3.05) is 14.2 Å². The van der Waals surface area contributed by atoms with Crippen LogP contribution in [-0.2, 0) is 0 Å². The zero-order valence-electron chi connectivity index (χ0n) is 11.0. The Bertz CT molecular complexity index is 614. The first-order valence-corrected chi connectivity index (χ1v) is 7.07. The highest BCUT2D eigenvalue weighted by Gasteiger charge is 2.15. The largest absolute Gasteiger partial charge is 0.493 e. The van der Waals surface area contributed by atoms with E-state index in [9.17, 15) is 0 Å². The molecule has 106 valence electrons. The van der Waals surface area contributed by atoms with E-state index in [4.69, 9.17) is 44.3 Å². The summed E-state index contributed by atoms with van der Waals surface area (Å²) in [6.45, 7) is 0. The summed E-state index contributed by atoms with van der Waals surface area (Å²) in [6, 6.07) is 10.9. The minimum Gasteiger partial charge on any atom is -0.493 e. The molecular weight excluding hydrogens is 319 g/mol. The molecule has 0 radical (unpaired) electrons. The molecule has 0 bridgehead atoms. The first kappa shape index (κ1) is 15.3. The van der Waals surface area contributed by atoms with Crippen LogP contribution in [0.2, 0.25) is 10.0 Å². The van der Waals surface area contributed by atoms with Crippen LogP contribution in [0.4, 0.5) is 0 Å². The lowest BCUT2D eigenvalue weighted by molar-refractivity contribution is 0.354. The predicted octanol–water partition coefficient (Wildman–Crippen LogP) is 5.34. The number of hydrogen-bond acceptors (Lipinski definition) is 2. The summed E-state index contributed by atoms with van der Waals surface area (Å²) in [5, 5.41) is 0.645. The van der Waals surface area contributed by atoms with Crippen LogP contribution < -0.4 is 9.47 Å². The van der Waals surface area contributed by atoms with Crippen molar-refractivity contribution in [1.29, 1.82) is 0 Å². The highest BCUT2D eigenvalue weighted by Crippen LogP contribution is 2.37. The van der Waals surface area contributed by atoms with Gasteiger partial charge in [-0.3, -0.25) is 0 Å². The fourth-order valence-electron chi connectivity index (χ4n) is 1.87. The quantitative estimate of drug-likeness (QED) is 0.704. The van der Waals surface area contributed by atoms with E-state index in [1.165, 1.54) is 0 Å². The lowest BCUT2D eigenvalue weighted by Crippen LogP contribution is -1.96. The number of halogens is 3. The molecule has 0 spiro atoms. The highest BCUT2D eigenvalue weighted by molar-refractivity contribution is 6.42.